The topological polar surface area (TPSA) is 119 Å². The van der Waals surface area contributed by atoms with Crippen molar-refractivity contribution in [3.8, 4) is 23.0 Å². The molecule has 1 N–H and O–H groups in total. The molecule has 276 valence electrons. The number of phenols is 1. The molecule has 0 unspecified atom stereocenters. The first kappa shape index (κ1) is 35.5. The predicted molar refractivity (Wildman–Crippen MR) is 208 cm³/mol. The number of carbonyl (C=O) groups is 4. The van der Waals surface area contributed by atoms with Gasteiger partial charge in [0.05, 0.1) is 31.7 Å². The van der Waals surface area contributed by atoms with Crippen LogP contribution in [0.25, 0.3) is 12.2 Å². The van der Waals surface area contributed by atoms with Crippen LogP contribution >= 0.6 is 0 Å². The van der Waals surface area contributed by atoms with Crippen molar-refractivity contribution in [1.29, 1.82) is 0 Å². The highest BCUT2D eigenvalue weighted by atomic mass is 16.5. The van der Waals surface area contributed by atoms with Crippen molar-refractivity contribution < 1.29 is 38.5 Å². The van der Waals surface area contributed by atoms with Crippen LogP contribution in [0.4, 0.5) is 5.69 Å². The van der Waals surface area contributed by atoms with Crippen LogP contribution in [-0.2, 0) is 25.8 Å². The van der Waals surface area contributed by atoms with E-state index in [1.54, 1.807) is 45.4 Å². The number of nitrogens with zero attached hydrogens (tertiary/aromatic N) is 1. The number of aromatic hydroxyl groups is 1. The summed E-state index contributed by atoms with van der Waals surface area (Å²) in [7, 11) is 3.21. The second-order valence-electron chi connectivity index (χ2n) is 14.3. The van der Waals surface area contributed by atoms with E-state index in [4.69, 9.17) is 14.2 Å². The summed E-state index contributed by atoms with van der Waals surface area (Å²) in [5.74, 6) is -2.11. The van der Waals surface area contributed by atoms with E-state index < -0.39 is 23.7 Å². The van der Waals surface area contributed by atoms with Gasteiger partial charge in [-0.25, -0.2) is 0 Å². The molecule has 3 aliphatic carbocycles. The molecular weight excluding hydrogens is 695 g/mol. The van der Waals surface area contributed by atoms with E-state index in [0.717, 1.165) is 22.3 Å². The number of anilines is 1. The average molecular weight is 734 g/mol. The van der Waals surface area contributed by atoms with Gasteiger partial charge in [0.25, 0.3) is 0 Å². The highest BCUT2D eigenvalue weighted by Gasteiger charge is 2.56. The fraction of sp³-hybridized carbons (Fsp3) is 0.217. The lowest BCUT2D eigenvalue weighted by Gasteiger charge is -2.42. The monoisotopic (exact) mass is 733 g/mol. The van der Waals surface area contributed by atoms with Crippen LogP contribution in [-0.4, -0.2) is 42.7 Å². The zero-order valence-corrected chi connectivity index (χ0v) is 30.7. The van der Waals surface area contributed by atoms with E-state index in [2.05, 4.69) is 0 Å². The number of Topliss-reactive ketones (excluding diaryl/α,β-unsaturated/α-hetero) is 1. The Kier molecular flexibility index (Phi) is 9.30. The third-order valence-electron chi connectivity index (χ3n) is 11.2. The molecule has 9 heteroatoms. The third kappa shape index (κ3) is 6.35. The van der Waals surface area contributed by atoms with Gasteiger partial charge in [0.2, 0.25) is 11.8 Å². The Balaban J connectivity index is 1.09. The number of ether oxygens (including phenoxy) is 3. The number of fused-ring (bicyclic) bond motifs is 3. The summed E-state index contributed by atoms with van der Waals surface area (Å²) in [5.41, 5.74) is 5.28. The number of phenolic OH excluding ortho intramolecular Hbond substituents is 1. The number of benzene rings is 4. The van der Waals surface area contributed by atoms with Gasteiger partial charge in [0.15, 0.2) is 11.6 Å². The fourth-order valence-corrected chi connectivity index (χ4v) is 8.46. The van der Waals surface area contributed by atoms with Crippen LogP contribution in [0, 0.1) is 17.8 Å². The fourth-order valence-electron chi connectivity index (χ4n) is 8.46. The largest absolute Gasteiger partial charge is 0.507 e. The number of imide groups is 1. The summed E-state index contributed by atoms with van der Waals surface area (Å²) in [4.78, 5) is 57.2. The van der Waals surface area contributed by atoms with Crippen molar-refractivity contribution >= 4 is 41.2 Å². The molecular formula is C46H39NO8. The van der Waals surface area contributed by atoms with Gasteiger partial charge in [-0.05, 0) is 79.3 Å². The Morgan fingerprint density at radius 2 is 1.58 bits per heavy atom. The number of ketones is 2. The minimum absolute atomic E-state index is 0.0898. The molecule has 9 nitrogen and oxygen atoms in total. The van der Waals surface area contributed by atoms with Crippen LogP contribution in [0.5, 0.6) is 23.0 Å². The highest BCUT2D eigenvalue weighted by molar-refractivity contribution is 6.25. The van der Waals surface area contributed by atoms with E-state index in [-0.39, 0.29) is 42.0 Å². The van der Waals surface area contributed by atoms with Crippen molar-refractivity contribution in [3.63, 3.8) is 0 Å². The molecule has 0 saturated carbocycles. The van der Waals surface area contributed by atoms with Crippen LogP contribution in [0.1, 0.15) is 47.9 Å². The van der Waals surface area contributed by atoms with E-state index in [1.165, 1.54) is 17.0 Å². The molecule has 1 aliphatic heterocycles. The number of amides is 2. The molecule has 1 fully saturated rings. The van der Waals surface area contributed by atoms with Gasteiger partial charge >= 0.3 is 0 Å². The molecule has 8 rings (SSSR count). The van der Waals surface area contributed by atoms with Crippen molar-refractivity contribution in [2.75, 3.05) is 19.1 Å². The van der Waals surface area contributed by atoms with E-state index in [1.807, 2.05) is 78.9 Å². The summed E-state index contributed by atoms with van der Waals surface area (Å²) < 4.78 is 16.8. The highest BCUT2D eigenvalue weighted by Crippen LogP contribution is 2.56. The Bertz CT molecular complexity index is 2370. The lowest BCUT2D eigenvalue weighted by atomic mass is 9.59. The molecule has 4 aliphatic rings. The zero-order chi connectivity index (χ0) is 38.4. The first-order valence-electron chi connectivity index (χ1n) is 18.2. The summed E-state index contributed by atoms with van der Waals surface area (Å²) >= 11 is 0. The zero-order valence-electron chi connectivity index (χ0n) is 30.7. The van der Waals surface area contributed by atoms with Crippen LogP contribution in [0.3, 0.4) is 0 Å². The van der Waals surface area contributed by atoms with Crippen LogP contribution in [0.15, 0.2) is 125 Å². The normalized spacial score (nSPS) is 21.9. The molecule has 4 atom stereocenters. The molecule has 4 aromatic carbocycles. The minimum Gasteiger partial charge on any atom is -0.507 e. The molecule has 2 amide bonds. The smallest absolute Gasteiger partial charge is 0.238 e. The number of hydrogen-bond donors (Lipinski definition) is 1. The summed E-state index contributed by atoms with van der Waals surface area (Å²) in [6, 6.07) is 27.4. The van der Waals surface area contributed by atoms with Crippen molar-refractivity contribution in [2.45, 2.75) is 32.3 Å². The molecule has 1 saturated heterocycles. The quantitative estimate of drug-likeness (QED) is 0.0802. The number of carbonyl (C=O) groups excluding carboxylic acids is 4. The van der Waals surface area contributed by atoms with Gasteiger partial charge in [-0.2, -0.15) is 0 Å². The maximum Gasteiger partial charge on any atom is 0.238 e. The van der Waals surface area contributed by atoms with Crippen LogP contribution < -0.4 is 19.1 Å². The SMILES string of the molecule is COc1ccc(OC)c(C=Cc2ccc(N3C(=O)[C@H]4[C@H](CC=C5[C@H](c6ccc(OCc7ccccc7)cc6O)C6=C(C[C@H]54)C(=O)C=C(C)C6=O)C3=O)cc2)c1. The molecule has 0 radical (unpaired) electrons. The molecule has 0 spiro atoms. The van der Waals surface area contributed by atoms with Crippen molar-refractivity contribution in [2.24, 2.45) is 17.8 Å². The van der Waals surface area contributed by atoms with Gasteiger partial charge in [-0.15, -0.1) is 0 Å². The van der Waals surface area contributed by atoms with Gasteiger partial charge in [-0.3, -0.25) is 24.1 Å². The van der Waals surface area contributed by atoms with Gasteiger partial charge in [0.1, 0.15) is 29.6 Å². The van der Waals surface area contributed by atoms with E-state index in [0.29, 0.717) is 51.8 Å². The second kappa shape index (κ2) is 14.4. The van der Waals surface area contributed by atoms with Gasteiger partial charge < -0.3 is 19.3 Å². The summed E-state index contributed by atoms with van der Waals surface area (Å²) in [5, 5.41) is 11.5. The van der Waals surface area contributed by atoms with Crippen molar-refractivity contribution in [3.05, 3.63) is 148 Å². The Hall–Kier alpha value is -6.48. The maximum absolute atomic E-state index is 14.4. The summed E-state index contributed by atoms with van der Waals surface area (Å²) in [6.07, 6.45) is 7.55. The molecule has 1 heterocycles. The number of allylic oxidation sites excluding steroid dienone is 6. The molecule has 4 aromatic rings. The Labute approximate surface area is 318 Å². The molecule has 0 aromatic heterocycles. The lowest BCUT2D eigenvalue weighted by Crippen LogP contribution is -2.39. The average Bonchev–Trinajstić information content (AvgIpc) is 3.47. The first-order valence-corrected chi connectivity index (χ1v) is 18.2. The first-order chi connectivity index (χ1) is 26.7. The van der Waals surface area contributed by atoms with E-state index >= 15 is 0 Å². The standard InChI is InChI=1S/C46H39NO8/c1-26-21-38(48)37-24-36-33(41(43(37)44(26)50)34-17-15-32(23-39(34)49)55-25-28-7-5-4-6-8-28)18-19-35-42(36)46(52)47(45(35)51)30-13-10-27(11-14-30)9-12-29-22-31(53-2)16-20-40(29)54-3/h4-18,20-23,35-36,41-42,49H,19,24-25H2,1-3H3/t35-,36+,41+,42-/m0/s1. The van der Waals surface area contributed by atoms with Crippen molar-refractivity contribution in [1.82, 2.24) is 0 Å². The third-order valence-corrected chi connectivity index (χ3v) is 11.2. The Morgan fingerprint density at radius 3 is 2.31 bits per heavy atom. The second-order valence-corrected chi connectivity index (χ2v) is 14.3. The Morgan fingerprint density at radius 1 is 0.818 bits per heavy atom. The number of rotatable bonds is 9. The van der Waals surface area contributed by atoms with Gasteiger partial charge in [0, 0.05) is 39.8 Å². The van der Waals surface area contributed by atoms with Crippen LogP contribution in [0.2, 0.25) is 0 Å². The maximum atomic E-state index is 14.4. The lowest BCUT2D eigenvalue weighted by molar-refractivity contribution is -0.123. The minimum atomic E-state index is -0.774. The van der Waals surface area contributed by atoms with E-state index in [9.17, 15) is 24.3 Å². The number of hydrogen-bond acceptors (Lipinski definition) is 8. The summed E-state index contributed by atoms with van der Waals surface area (Å²) in [6.45, 7) is 1.92. The predicted octanol–water partition coefficient (Wildman–Crippen LogP) is 7.79. The molecule has 0 bridgehead atoms. The number of methoxy groups -OCH3 is 2. The van der Waals surface area contributed by atoms with Gasteiger partial charge in [-0.1, -0.05) is 72.3 Å². The molecule has 55 heavy (non-hydrogen) atoms.